The third-order valence-electron chi connectivity index (χ3n) is 4.27. The smallest absolute Gasteiger partial charge is 0.346 e. The van der Waals surface area contributed by atoms with Crippen LogP contribution in [0.3, 0.4) is 0 Å². The van der Waals surface area contributed by atoms with E-state index < -0.39 is 17.5 Å². The van der Waals surface area contributed by atoms with Crippen LogP contribution in [0.4, 0.5) is 0 Å². The number of hydrogen-bond donors (Lipinski definition) is 0. The average Bonchev–Trinajstić information content (AvgIpc) is 2.65. The Morgan fingerprint density at radius 1 is 1.15 bits per heavy atom. The van der Waals surface area contributed by atoms with E-state index in [0.29, 0.717) is 16.2 Å². The number of fused-ring (bicyclic) bond motifs is 1. The number of methoxy groups -OCH3 is 1. The van der Waals surface area contributed by atoms with E-state index in [0.717, 1.165) is 11.1 Å². The molecule has 140 valence electrons. The number of carbonyl (C=O) groups excluding carboxylic acids is 1. The van der Waals surface area contributed by atoms with Crippen molar-refractivity contribution in [3.8, 4) is 17.1 Å². The Morgan fingerprint density at radius 3 is 2.44 bits per heavy atom. The number of benzene rings is 2. The minimum absolute atomic E-state index is 0.0517. The molecule has 0 aliphatic heterocycles. The van der Waals surface area contributed by atoms with Gasteiger partial charge < -0.3 is 13.9 Å². The molecule has 0 radical (unpaired) electrons. The summed E-state index contributed by atoms with van der Waals surface area (Å²) in [5, 5.41) is 0.735. The van der Waals surface area contributed by atoms with Crippen molar-refractivity contribution >= 4 is 28.5 Å². The Balaban J connectivity index is 2.28. The first-order chi connectivity index (χ1) is 12.8. The molecule has 0 amide bonds. The molecule has 2 aromatic carbocycles. The van der Waals surface area contributed by atoms with Crippen LogP contribution in [0.15, 0.2) is 45.6 Å². The summed E-state index contributed by atoms with van der Waals surface area (Å²) in [6.07, 6.45) is -0.972. The Hall–Kier alpha value is -2.79. The van der Waals surface area contributed by atoms with Crippen LogP contribution in [0.5, 0.6) is 5.75 Å². The first kappa shape index (κ1) is 19.0. The number of esters is 1. The van der Waals surface area contributed by atoms with Crippen LogP contribution in [0.2, 0.25) is 5.02 Å². The van der Waals surface area contributed by atoms with Gasteiger partial charge in [-0.1, -0.05) is 41.4 Å². The van der Waals surface area contributed by atoms with Crippen LogP contribution < -0.4 is 10.2 Å². The second kappa shape index (κ2) is 7.45. The van der Waals surface area contributed by atoms with Gasteiger partial charge >= 0.3 is 5.97 Å². The fourth-order valence-corrected chi connectivity index (χ4v) is 2.86. The Kier molecular flexibility index (Phi) is 5.24. The molecule has 3 rings (SSSR count). The summed E-state index contributed by atoms with van der Waals surface area (Å²) in [5.74, 6) is -0.388. The molecule has 3 aromatic rings. The van der Waals surface area contributed by atoms with Crippen molar-refractivity contribution in [2.24, 2.45) is 0 Å². The van der Waals surface area contributed by atoms with Crippen LogP contribution in [0, 0.1) is 13.8 Å². The SMILES string of the molecule is COC(=O)C(C)Oc1c(-c2ccc(C)cc2)oc2cc(C)c(Cl)cc2c1=O. The molecule has 1 unspecified atom stereocenters. The van der Waals surface area contributed by atoms with E-state index in [1.54, 1.807) is 12.1 Å². The average molecular weight is 387 g/mol. The normalized spacial score (nSPS) is 12.0. The number of ether oxygens (including phenoxy) is 2. The second-order valence-electron chi connectivity index (χ2n) is 6.34. The van der Waals surface area contributed by atoms with Crippen molar-refractivity contribution in [2.45, 2.75) is 26.9 Å². The number of halogens is 1. The maximum atomic E-state index is 13.1. The van der Waals surface area contributed by atoms with Gasteiger partial charge in [0.15, 0.2) is 11.9 Å². The molecule has 0 bridgehead atoms. The van der Waals surface area contributed by atoms with Crippen molar-refractivity contribution in [2.75, 3.05) is 7.11 Å². The molecule has 0 aliphatic carbocycles. The molecule has 0 N–H and O–H groups in total. The molecule has 0 spiro atoms. The van der Waals surface area contributed by atoms with Crippen molar-refractivity contribution in [1.82, 2.24) is 0 Å². The lowest BCUT2D eigenvalue weighted by molar-refractivity contribution is -0.147. The molecule has 5 nitrogen and oxygen atoms in total. The third-order valence-corrected chi connectivity index (χ3v) is 4.68. The zero-order chi connectivity index (χ0) is 19.7. The highest BCUT2D eigenvalue weighted by atomic mass is 35.5. The van der Waals surface area contributed by atoms with E-state index in [1.165, 1.54) is 14.0 Å². The monoisotopic (exact) mass is 386 g/mol. The second-order valence-corrected chi connectivity index (χ2v) is 6.74. The van der Waals surface area contributed by atoms with Crippen molar-refractivity contribution in [3.05, 3.63) is 62.8 Å². The molecule has 1 atom stereocenters. The van der Waals surface area contributed by atoms with Gasteiger partial charge in [0.25, 0.3) is 0 Å². The molecule has 0 saturated heterocycles. The first-order valence-electron chi connectivity index (χ1n) is 8.40. The molecule has 27 heavy (non-hydrogen) atoms. The predicted molar refractivity (Wildman–Crippen MR) is 105 cm³/mol. The summed E-state index contributed by atoms with van der Waals surface area (Å²) in [4.78, 5) is 24.9. The van der Waals surface area contributed by atoms with E-state index in [4.69, 9.17) is 25.5 Å². The predicted octanol–water partition coefficient (Wildman–Crippen LogP) is 4.67. The van der Waals surface area contributed by atoms with E-state index in [9.17, 15) is 9.59 Å². The molecule has 6 heteroatoms. The van der Waals surface area contributed by atoms with Crippen LogP contribution in [0.1, 0.15) is 18.1 Å². The summed E-state index contributed by atoms with van der Waals surface area (Å²) in [6, 6.07) is 10.7. The highest BCUT2D eigenvalue weighted by molar-refractivity contribution is 6.32. The third kappa shape index (κ3) is 3.69. The van der Waals surface area contributed by atoms with Crippen molar-refractivity contribution < 1.29 is 18.7 Å². The zero-order valence-electron chi connectivity index (χ0n) is 15.5. The molecule has 1 heterocycles. The maximum Gasteiger partial charge on any atom is 0.346 e. The summed E-state index contributed by atoms with van der Waals surface area (Å²) in [5.41, 5.74) is 2.52. The van der Waals surface area contributed by atoms with Crippen molar-refractivity contribution in [3.63, 3.8) is 0 Å². The molecule has 0 aliphatic rings. The fraction of sp³-hybridized carbons (Fsp3) is 0.238. The number of aryl methyl sites for hydroxylation is 2. The maximum absolute atomic E-state index is 13.1. The number of carbonyl (C=O) groups is 1. The topological polar surface area (TPSA) is 65.7 Å². The zero-order valence-corrected chi connectivity index (χ0v) is 16.2. The van der Waals surface area contributed by atoms with Gasteiger partial charge in [-0.2, -0.15) is 0 Å². The van der Waals surface area contributed by atoms with Gasteiger partial charge in [0, 0.05) is 10.6 Å². The largest absolute Gasteiger partial charge is 0.471 e. The summed E-state index contributed by atoms with van der Waals surface area (Å²) in [6.45, 7) is 5.30. The number of hydrogen-bond acceptors (Lipinski definition) is 5. The van der Waals surface area contributed by atoms with Gasteiger partial charge in [-0.15, -0.1) is 0 Å². The van der Waals surface area contributed by atoms with Gasteiger partial charge in [-0.05, 0) is 38.5 Å². The highest BCUT2D eigenvalue weighted by Crippen LogP contribution is 2.33. The summed E-state index contributed by atoms with van der Waals surface area (Å²) in [7, 11) is 1.26. The molecular weight excluding hydrogens is 368 g/mol. The van der Waals surface area contributed by atoms with Gasteiger partial charge in [0.05, 0.1) is 12.5 Å². The van der Waals surface area contributed by atoms with Crippen molar-refractivity contribution in [1.29, 1.82) is 0 Å². The van der Waals surface area contributed by atoms with Crippen LogP contribution in [-0.4, -0.2) is 19.2 Å². The van der Waals surface area contributed by atoms with E-state index in [-0.39, 0.29) is 16.9 Å². The van der Waals surface area contributed by atoms with E-state index >= 15 is 0 Å². The Labute approximate surface area is 161 Å². The van der Waals surface area contributed by atoms with Gasteiger partial charge in [0.2, 0.25) is 11.2 Å². The molecule has 0 saturated carbocycles. The lowest BCUT2D eigenvalue weighted by Gasteiger charge is -2.16. The Morgan fingerprint density at radius 2 is 1.81 bits per heavy atom. The van der Waals surface area contributed by atoms with Crippen LogP contribution >= 0.6 is 11.6 Å². The number of rotatable bonds is 4. The summed E-state index contributed by atoms with van der Waals surface area (Å²) < 4.78 is 16.4. The lowest BCUT2D eigenvalue weighted by atomic mass is 10.1. The minimum Gasteiger partial charge on any atom is -0.471 e. The molecule has 1 aromatic heterocycles. The summed E-state index contributed by atoms with van der Waals surface area (Å²) >= 11 is 6.17. The van der Waals surface area contributed by atoms with E-state index in [1.807, 2.05) is 38.1 Å². The molecular formula is C21H19ClO5. The highest BCUT2D eigenvalue weighted by Gasteiger charge is 2.23. The van der Waals surface area contributed by atoms with Crippen LogP contribution in [-0.2, 0) is 9.53 Å². The van der Waals surface area contributed by atoms with Gasteiger partial charge in [0.1, 0.15) is 5.58 Å². The van der Waals surface area contributed by atoms with Gasteiger partial charge in [-0.25, -0.2) is 4.79 Å². The Bertz CT molecular complexity index is 1070. The van der Waals surface area contributed by atoms with Crippen LogP contribution in [0.25, 0.3) is 22.3 Å². The quantitative estimate of drug-likeness (QED) is 0.609. The minimum atomic E-state index is -0.972. The molecule has 0 fully saturated rings. The first-order valence-corrected chi connectivity index (χ1v) is 8.78. The lowest BCUT2D eigenvalue weighted by Crippen LogP contribution is -2.27. The van der Waals surface area contributed by atoms with E-state index in [2.05, 4.69) is 0 Å². The van der Waals surface area contributed by atoms with Gasteiger partial charge in [-0.3, -0.25) is 4.79 Å². The standard InChI is InChI=1S/C21H19ClO5/c1-11-5-7-14(8-6-11)19-20(26-13(3)21(24)25-4)18(23)15-10-16(22)12(2)9-17(15)27-19/h5-10,13H,1-4H3. The fourth-order valence-electron chi connectivity index (χ4n) is 2.69.